The standard InChI is InChI=1S/C34H42F3N3O4/c1-5-6-7-27(22-8-10-24(11-9-22)30(43)38-21-18-28(41)42)40-31(44)29(23-12-14-26(15-13-23)34(35,36)37)39-33(40)19-16-25(17-20-33)32(2,3)4/h8-15,25,27H,5-7,16-21H2,1-4H3,(H,38,43)(H,41,42). The average molecular weight is 614 g/mol. The lowest BCUT2D eigenvalue weighted by molar-refractivity contribution is -0.138. The number of benzene rings is 2. The van der Waals surface area contributed by atoms with Crippen molar-refractivity contribution < 1.29 is 32.7 Å². The van der Waals surface area contributed by atoms with Crippen molar-refractivity contribution in [2.24, 2.45) is 16.3 Å². The number of carbonyl (C=O) groups excluding carboxylic acids is 2. The van der Waals surface area contributed by atoms with E-state index in [0.29, 0.717) is 36.3 Å². The Bertz CT molecular complexity index is 1370. The Balaban J connectivity index is 1.70. The maximum atomic E-state index is 14.3. The number of carbonyl (C=O) groups is 3. The maximum absolute atomic E-state index is 14.3. The number of carboxylic acid groups (broad SMARTS) is 1. The lowest BCUT2D eigenvalue weighted by atomic mass is 9.69. The molecule has 10 heteroatoms. The SMILES string of the molecule is CCCCC(c1ccc(C(=O)NCCC(=O)O)cc1)N1C(=O)C(c2ccc(C(F)(F)F)cc2)=NC12CCC(C(C)(C)C)CC2. The fourth-order valence-electron chi connectivity index (χ4n) is 6.43. The molecule has 2 aliphatic rings. The van der Waals surface area contributed by atoms with Crippen LogP contribution in [0.3, 0.4) is 0 Å². The highest BCUT2D eigenvalue weighted by molar-refractivity contribution is 6.46. The summed E-state index contributed by atoms with van der Waals surface area (Å²) in [7, 11) is 0. The van der Waals surface area contributed by atoms with Gasteiger partial charge in [0.2, 0.25) is 0 Å². The molecule has 2 amide bonds. The third kappa shape index (κ3) is 7.33. The highest BCUT2D eigenvalue weighted by Crippen LogP contribution is 2.50. The predicted octanol–water partition coefficient (Wildman–Crippen LogP) is 7.41. The molecule has 0 saturated heterocycles. The molecule has 7 nitrogen and oxygen atoms in total. The number of hydrogen-bond acceptors (Lipinski definition) is 4. The Morgan fingerprint density at radius 3 is 2.18 bits per heavy atom. The zero-order valence-corrected chi connectivity index (χ0v) is 25.8. The number of amides is 2. The van der Waals surface area contributed by atoms with Crippen LogP contribution in [0.15, 0.2) is 53.5 Å². The second-order valence-electron chi connectivity index (χ2n) is 13.0. The predicted molar refractivity (Wildman–Crippen MR) is 162 cm³/mol. The molecule has 0 radical (unpaired) electrons. The van der Waals surface area contributed by atoms with Gasteiger partial charge in [0.05, 0.1) is 18.0 Å². The molecule has 1 aliphatic carbocycles. The minimum atomic E-state index is -4.48. The molecule has 0 bridgehead atoms. The van der Waals surface area contributed by atoms with Crippen LogP contribution in [0, 0.1) is 11.3 Å². The van der Waals surface area contributed by atoms with E-state index < -0.39 is 23.4 Å². The first-order valence-corrected chi connectivity index (χ1v) is 15.4. The molecule has 2 aromatic rings. The Morgan fingerprint density at radius 2 is 1.66 bits per heavy atom. The van der Waals surface area contributed by atoms with E-state index in [1.54, 1.807) is 12.1 Å². The topological polar surface area (TPSA) is 99.1 Å². The first kappa shape index (κ1) is 33.2. The van der Waals surface area contributed by atoms with Crippen LogP contribution >= 0.6 is 0 Å². The Hall–Kier alpha value is -3.69. The van der Waals surface area contributed by atoms with Crippen molar-refractivity contribution in [1.29, 1.82) is 0 Å². The van der Waals surface area contributed by atoms with Crippen LogP contribution in [-0.2, 0) is 15.8 Å². The van der Waals surface area contributed by atoms with Gasteiger partial charge in [-0.2, -0.15) is 13.2 Å². The van der Waals surface area contributed by atoms with Crippen LogP contribution in [0.5, 0.6) is 0 Å². The second-order valence-corrected chi connectivity index (χ2v) is 13.0. The molecule has 1 fully saturated rings. The first-order chi connectivity index (χ1) is 20.7. The van der Waals surface area contributed by atoms with E-state index in [0.717, 1.165) is 43.4 Å². The van der Waals surface area contributed by atoms with E-state index in [4.69, 9.17) is 10.1 Å². The van der Waals surface area contributed by atoms with Crippen molar-refractivity contribution in [3.63, 3.8) is 0 Å². The van der Waals surface area contributed by atoms with Gasteiger partial charge in [0, 0.05) is 17.7 Å². The van der Waals surface area contributed by atoms with E-state index in [1.165, 1.54) is 12.1 Å². The number of alkyl halides is 3. The van der Waals surface area contributed by atoms with Crippen LogP contribution in [0.4, 0.5) is 13.2 Å². The molecule has 2 N–H and O–H groups in total. The Labute approximate surface area is 256 Å². The Kier molecular flexibility index (Phi) is 9.90. The number of nitrogens with one attached hydrogen (secondary N) is 1. The third-order valence-corrected chi connectivity index (χ3v) is 9.01. The third-order valence-electron chi connectivity index (χ3n) is 9.01. The lowest BCUT2D eigenvalue weighted by Gasteiger charge is -2.47. The van der Waals surface area contributed by atoms with Crippen molar-refractivity contribution in [2.45, 2.75) is 96.9 Å². The van der Waals surface area contributed by atoms with Gasteiger partial charge < -0.3 is 15.3 Å². The van der Waals surface area contributed by atoms with Gasteiger partial charge in [-0.05, 0) is 73.3 Å². The molecule has 1 atom stereocenters. The van der Waals surface area contributed by atoms with Gasteiger partial charge in [0.15, 0.2) is 0 Å². The fourth-order valence-corrected chi connectivity index (χ4v) is 6.43. The summed E-state index contributed by atoms with van der Waals surface area (Å²) in [5.41, 5.74) is 0.268. The zero-order valence-electron chi connectivity index (χ0n) is 25.8. The van der Waals surface area contributed by atoms with Crippen LogP contribution in [-0.4, -0.2) is 45.7 Å². The summed E-state index contributed by atoms with van der Waals surface area (Å²) >= 11 is 0. The summed E-state index contributed by atoms with van der Waals surface area (Å²) < 4.78 is 39.9. The van der Waals surface area contributed by atoms with Gasteiger partial charge in [0.1, 0.15) is 11.4 Å². The summed E-state index contributed by atoms with van der Waals surface area (Å²) in [5, 5.41) is 11.4. The van der Waals surface area contributed by atoms with E-state index >= 15 is 0 Å². The molecular weight excluding hydrogens is 571 g/mol. The van der Waals surface area contributed by atoms with Crippen LogP contribution < -0.4 is 5.32 Å². The summed E-state index contributed by atoms with van der Waals surface area (Å²) in [5.74, 6) is -1.23. The summed E-state index contributed by atoms with van der Waals surface area (Å²) in [6, 6.07) is 11.3. The number of aliphatic imine (C=N–C) groups is 1. The van der Waals surface area contributed by atoms with Crippen molar-refractivity contribution in [3.05, 3.63) is 70.8 Å². The lowest BCUT2D eigenvalue weighted by Crippen LogP contribution is -2.51. The molecule has 0 aromatic heterocycles. The molecule has 1 unspecified atom stereocenters. The normalized spacial score (nSPS) is 21.3. The van der Waals surface area contributed by atoms with Gasteiger partial charge >= 0.3 is 12.1 Å². The zero-order chi connectivity index (χ0) is 32.3. The van der Waals surface area contributed by atoms with E-state index in [9.17, 15) is 27.6 Å². The number of nitrogens with zero attached hydrogens (tertiary/aromatic N) is 2. The number of halogens is 3. The smallest absolute Gasteiger partial charge is 0.416 e. The molecule has 1 heterocycles. The largest absolute Gasteiger partial charge is 0.481 e. The molecule has 4 rings (SSSR count). The summed E-state index contributed by atoms with van der Waals surface area (Å²) in [6.07, 6.45) is 0.765. The van der Waals surface area contributed by atoms with Gasteiger partial charge in [-0.1, -0.05) is 64.8 Å². The summed E-state index contributed by atoms with van der Waals surface area (Å²) in [6.45, 7) is 8.73. The summed E-state index contributed by atoms with van der Waals surface area (Å²) in [4.78, 5) is 44.6. The molecule has 1 saturated carbocycles. The van der Waals surface area contributed by atoms with Crippen molar-refractivity contribution >= 4 is 23.5 Å². The minimum absolute atomic E-state index is 0.0134. The first-order valence-electron chi connectivity index (χ1n) is 15.4. The van der Waals surface area contributed by atoms with Crippen LogP contribution in [0.1, 0.15) is 112 Å². The number of hydrogen-bond donors (Lipinski definition) is 2. The monoisotopic (exact) mass is 613 g/mol. The molecule has 1 spiro atoms. The number of unbranched alkanes of at least 4 members (excludes halogenated alkanes) is 1. The molecule has 238 valence electrons. The van der Waals surface area contributed by atoms with E-state index in [-0.39, 0.29) is 41.9 Å². The molecular formula is C34H42F3N3O4. The van der Waals surface area contributed by atoms with Gasteiger partial charge in [0.25, 0.3) is 11.8 Å². The fraction of sp³-hybridized carbons (Fsp3) is 0.529. The number of aliphatic carboxylic acids is 1. The molecule has 1 aliphatic heterocycles. The van der Waals surface area contributed by atoms with Gasteiger partial charge in [-0.15, -0.1) is 0 Å². The highest BCUT2D eigenvalue weighted by atomic mass is 19.4. The molecule has 44 heavy (non-hydrogen) atoms. The van der Waals surface area contributed by atoms with E-state index in [2.05, 4.69) is 33.0 Å². The quantitative estimate of drug-likeness (QED) is 0.292. The van der Waals surface area contributed by atoms with Crippen LogP contribution in [0.2, 0.25) is 0 Å². The second kappa shape index (κ2) is 13.1. The molecule has 2 aromatic carbocycles. The minimum Gasteiger partial charge on any atom is -0.481 e. The van der Waals surface area contributed by atoms with E-state index in [1.807, 2.05) is 17.0 Å². The van der Waals surface area contributed by atoms with Crippen molar-refractivity contribution in [1.82, 2.24) is 10.2 Å². The maximum Gasteiger partial charge on any atom is 0.416 e. The van der Waals surface area contributed by atoms with Gasteiger partial charge in [-0.25, -0.2) is 0 Å². The van der Waals surface area contributed by atoms with Crippen LogP contribution in [0.25, 0.3) is 0 Å². The average Bonchev–Trinajstić information content (AvgIpc) is 3.23. The van der Waals surface area contributed by atoms with Gasteiger partial charge in [-0.3, -0.25) is 19.4 Å². The number of rotatable bonds is 10. The van der Waals surface area contributed by atoms with Crippen molar-refractivity contribution in [2.75, 3.05) is 6.54 Å². The highest BCUT2D eigenvalue weighted by Gasteiger charge is 2.52. The Morgan fingerprint density at radius 1 is 1.05 bits per heavy atom. The number of carboxylic acids is 1. The van der Waals surface area contributed by atoms with Crippen molar-refractivity contribution in [3.8, 4) is 0 Å².